The number of aromatic nitrogens is 1. The lowest BCUT2D eigenvalue weighted by atomic mass is 10.0. The summed E-state index contributed by atoms with van der Waals surface area (Å²) in [7, 11) is 0. The van der Waals surface area contributed by atoms with Crippen molar-refractivity contribution in [3.63, 3.8) is 0 Å². The molecule has 3 heterocycles. The van der Waals surface area contributed by atoms with E-state index in [2.05, 4.69) is 22.1 Å². The van der Waals surface area contributed by atoms with E-state index in [-0.39, 0.29) is 18.0 Å². The number of rotatable bonds is 2. The maximum Gasteiger partial charge on any atom is 0.240 e. The number of carbonyl (C=O) groups is 1. The molecule has 0 spiro atoms. The van der Waals surface area contributed by atoms with Crippen molar-refractivity contribution in [3.8, 4) is 0 Å². The maximum absolute atomic E-state index is 12.7. The quantitative estimate of drug-likeness (QED) is 0.880. The predicted octanol–water partition coefficient (Wildman–Crippen LogP) is 1.74. The molecular formula is C15H21N3O. The second kappa shape index (κ2) is 5.29. The van der Waals surface area contributed by atoms with Crippen LogP contribution in [0.3, 0.4) is 0 Å². The molecule has 2 fully saturated rings. The Morgan fingerprint density at radius 3 is 2.84 bits per heavy atom. The number of carbonyl (C=O) groups excluding carboxylic acids is 1. The highest BCUT2D eigenvalue weighted by Crippen LogP contribution is 2.33. The summed E-state index contributed by atoms with van der Waals surface area (Å²) in [6.07, 6.45) is 6.89. The van der Waals surface area contributed by atoms with Gasteiger partial charge in [-0.3, -0.25) is 9.78 Å². The van der Waals surface area contributed by atoms with Crippen LogP contribution in [0, 0.1) is 5.92 Å². The number of hydrogen-bond donors (Lipinski definition) is 1. The maximum atomic E-state index is 12.7. The lowest BCUT2D eigenvalue weighted by Crippen LogP contribution is -2.45. The fourth-order valence-electron chi connectivity index (χ4n) is 3.31. The molecule has 3 rings (SSSR count). The molecule has 1 amide bonds. The Morgan fingerprint density at radius 2 is 2.16 bits per heavy atom. The number of nitrogens with zero attached hydrogens (tertiary/aromatic N) is 2. The molecule has 0 bridgehead atoms. The van der Waals surface area contributed by atoms with Crippen molar-refractivity contribution < 1.29 is 4.79 Å². The standard InChI is InChI=1S/C15H21N3O/c1-11-4-9-17-14(11)15(19)18-10-2-3-13(18)12-5-7-16-8-6-12/h5-8,11,13-14,17H,2-4,9-10H2,1H3. The van der Waals surface area contributed by atoms with E-state index in [9.17, 15) is 4.79 Å². The Hall–Kier alpha value is -1.42. The average molecular weight is 259 g/mol. The van der Waals surface area contributed by atoms with E-state index in [1.54, 1.807) is 0 Å². The summed E-state index contributed by atoms with van der Waals surface area (Å²) in [4.78, 5) is 18.8. The molecule has 1 N–H and O–H groups in total. The molecule has 3 unspecified atom stereocenters. The van der Waals surface area contributed by atoms with E-state index in [0.717, 1.165) is 32.4 Å². The van der Waals surface area contributed by atoms with Crippen molar-refractivity contribution in [3.05, 3.63) is 30.1 Å². The zero-order valence-electron chi connectivity index (χ0n) is 11.4. The molecule has 102 valence electrons. The number of nitrogens with one attached hydrogen (secondary N) is 1. The van der Waals surface area contributed by atoms with Crippen LogP contribution in [-0.4, -0.2) is 34.9 Å². The number of amides is 1. The lowest BCUT2D eigenvalue weighted by molar-refractivity contribution is -0.134. The van der Waals surface area contributed by atoms with E-state index in [1.165, 1.54) is 5.56 Å². The van der Waals surface area contributed by atoms with Crippen molar-refractivity contribution >= 4 is 5.91 Å². The van der Waals surface area contributed by atoms with Crippen molar-refractivity contribution in [2.45, 2.75) is 38.3 Å². The van der Waals surface area contributed by atoms with Gasteiger partial charge in [0.05, 0.1) is 12.1 Å². The highest BCUT2D eigenvalue weighted by atomic mass is 16.2. The molecule has 2 saturated heterocycles. The Morgan fingerprint density at radius 1 is 1.37 bits per heavy atom. The summed E-state index contributed by atoms with van der Waals surface area (Å²) in [5.41, 5.74) is 1.21. The Labute approximate surface area is 114 Å². The first-order valence-electron chi connectivity index (χ1n) is 7.21. The van der Waals surface area contributed by atoms with E-state index in [4.69, 9.17) is 0 Å². The molecule has 2 aliphatic heterocycles. The molecule has 4 heteroatoms. The summed E-state index contributed by atoms with van der Waals surface area (Å²) >= 11 is 0. The van der Waals surface area contributed by atoms with Gasteiger partial charge in [0.1, 0.15) is 0 Å². The zero-order valence-corrected chi connectivity index (χ0v) is 11.4. The van der Waals surface area contributed by atoms with Gasteiger partial charge in [0, 0.05) is 18.9 Å². The summed E-state index contributed by atoms with van der Waals surface area (Å²) in [6, 6.07) is 4.32. The van der Waals surface area contributed by atoms with Crippen molar-refractivity contribution in [1.82, 2.24) is 15.2 Å². The van der Waals surface area contributed by atoms with Crippen molar-refractivity contribution in [1.29, 1.82) is 0 Å². The minimum atomic E-state index is 0.0161. The molecule has 0 radical (unpaired) electrons. The van der Waals surface area contributed by atoms with Gasteiger partial charge < -0.3 is 10.2 Å². The van der Waals surface area contributed by atoms with E-state index >= 15 is 0 Å². The molecule has 3 atom stereocenters. The molecule has 0 aliphatic carbocycles. The van der Waals surface area contributed by atoms with Crippen LogP contribution in [0.4, 0.5) is 0 Å². The van der Waals surface area contributed by atoms with Crippen LogP contribution < -0.4 is 5.32 Å². The molecule has 1 aromatic rings. The van der Waals surface area contributed by atoms with Gasteiger partial charge in [0.15, 0.2) is 0 Å². The average Bonchev–Trinajstić information content (AvgIpc) is 3.07. The van der Waals surface area contributed by atoms with Crippen LogP contribution in [-0.2, 0) is 4.79 Å². The summed E-state index contributed by atoms with van der Waals surface area (Å²) in [5, 5.41) is 3.35. The highest BCUT2D eigenvalue weighted by molar-refractivity contribution is 5.83. The Balaban J connectivity index is 1.78. The first-order valence-corrected chi connectivity index (χ1v) is 7.21. The van der Waals surface area contributed by atoms with Gasteiger partial charge in [0.25, 0.3) is 0 Å². The van der Waals surface area contributed by atoms with E-state index in [0.29, 0.717) is 5.92 Å². The Bertz CT molecular complexity index is 448. The van der Waals surface area contributed by atoms with Crippen molar-refractivity contribution in [2.75, 3.05) is 13.1 Å². The summed E-state index contributed by atoms with van der Waals surface area (Å²) < 4.78 is 0. The van der Waals surface area contributed by atoms with Gasteiger partial charge in [-0.2, -0.15) is 0 Å². The van der Waals surface area contributed by atoms with Crippen LogP contribution in [0.5, 0.6) is 0 Å². The van der Waals surface area contributed by atoms with E-state index in [1.807, 2.05) is 24.5 Å². The SMILES string of the molecule is CC1CCNC1C(=O)N1CCCC1c1ccncc1. The smallest absolute Gasteiger partial charge is 0.240 e. The molecule has 19 heavy (non-hydrogen) atoms. The molecule has 1 aromatic heterocycles. The molecular weight excluding hydrogens is 238 g/mol. The lowest BCUT2D eigenvalue weighted by Gasteiger charge is -2.29. The van der Waals surface area contributed by atoms with Crippen LogP contribution in [0.15, 0.2) is 24.5 Å². The van der Waals surface area contributed by atoms with Gasteiger partial charge in [-0.05, 0) is 49.4 Å². The first-order chi connectivity index (χ1) is 9.27. The summed E-state index contributed by atoms with van der Waals surface area (Å²) in [6.45, 7) is 4.02. The first kappa shape index (κ1) is 12.6. The van der Waals surface area contributed by atoms with Crippen LogP contribution in [0.1, 0.15) is 37.8 Å². The molecule has 0 saturated carbocycles. The van der Waals surface area contributed by atoms with Gasteiger partial charge in [0.2, 0.25) is 5.91 Å². The normalized spacial score (nSPS) is 30.8. The molecule has 0 aromatic carbocycles. The van der Waals surface area contributed by atoms with Crippen LogP contribution in [0.25, 0.3) is 0 Å². The van der Waals surface area contributed by atoms with Crippen LogP contribution in [0.2, 0.25) is 0 Å². The van der Waals surface area contributed by atoms with E-state index < -0.39 is 0 Å². The third-order valence-corrected chi connectivity index (χ3v) is 4.43. The van der Waals surface area contributed by atoms with Gasteiger partial charge >= 0.3 is 0 Å². The second-order valence-electron chi connectivity index (χ2n) is 5.67. The number of likely N-dealkylation sites (tertiary alicyclic amines) is 1. The van der Waals surface area contributed by atoms with Crippen LogP contribution >= 0.6 is 0 Å². The molecule has 2 aliphatic rings. The largest absolute Gasteiger partial charge is 0.334 e. The second-order valence-corrected chi connectivity index (χ2v) is 5.67. The minimum absolute atomic E-state index is 0.0161. The third-order valence-electron chi connectivity index (χ3n) is 4.43. The Kier molecular flexibility index (Phi) is 3.51. The summed E-state index contributed by atoms with van der Waals surface area (Å²) in [5.74, 6) is 0.732. The van der Waals surface area contributed by atoms with Gasteiger partial charge in [-0.1, -0.05) is 6.92 Å². The monoisotopic (exact) mass is 259 g/mol. The number of pyridine rings is 1. The fraction of sp³-hybridized carbons (Fsp3) is 0.600. The minimum Gasteiger partial charge on any atom is -0.334 e. The molecule has 4 nitrogen and oxygen atoms in total. The zero-order chi connectivity index (χ0) is 13.2. The fourth-order valence-corrected chi connectivity index (χ4v) is 3.31. The number of hydrogen-bond acceptors (Lipinski definition) is 3. The van der Waals surface area contributed by atoms with Gasteiger partial charge in [-0.15, -0.1) is 0 Å². The predicted molar refractivity (Wildman–Crippen MR) is 73.5 cm³/mol. The van der Waals surface area contributed by atoms with Gasteiger partial charge in [-0.25, -0.2) is 0 Å². The highest BCUT2D eigenvalue weighted by Gasteiger charge is 2.37. The topological polar surface area (TPSA) is 45.2 Å². The third kappa shape index (κ3) is 2.37. The van der Waals surface area contributed by atoms with Crippen molar-refractivity contribution in [2.24, 2.45) is 5.92 Å².